The minimum Gasteiger partial charge on any atom is -0.354 e. The van der Waals surface area contributed by atoms with Crippen molar-refractivity contribution in [2.45, 2.75) is 58.0 Å². The number of aryl methyl sites for hydroxylation is 2. The summed E-state index contributed by atoms with van der Waals surface area (Å²) in [5.41, 5.74) is 3.11. The number of anilines is 1. The SMILES string of the molecule is CCCCNC(=O)[C@@H](C)N(Cc1ccc(C)cc1)C(=O)CN(c1cccc(C)c1)S(=O)(=O)c1ccc(Cl)cc1. The molecule has 0 bridgehead atoms. The van der Waals surface area contributed by atoms with Crippen LogP contribution in [-0.2, 0) is 26.2 Å². The number of amides is 2. The lowest BCUT2D eigenvalue weighted by Crippen LogP contribution is -2.51. The van der Waals surface area contributed by atoms with E-state index in [2.05, 4.69) is 5.32 Å². The van der Waals surface area contributed by atoms with Crippen molar-refractivity contribution in [2.75, 3.05) is 17.4 Å². The molecule has 0 saturated heterocycles. The van der Waals surface area contributed by atoms with Crippen LogP contribution in [0.3, 0.4) is 0 Å². The molecule has 0 spiro atoms. The molecule has 7 nitrogen and oxygen atoms in total. The highest BCUT2D eigenvalue weighted by Crippen LogP contribution is 2.26. The molecule has 208 valence electrons. The number of hydrogen-bond acceptors (Lipinski definition) is 4. The fraction of sp³-hybridized carbons (Fsp3) is 0.333. The average molecular weight is 570 g/mol. The predicted octanol–water partition coefficient (Wildman–Crippen LogP) is 5.49. The van der Waals surface area contributed by atoms with Crippen LogP contribution in [0.5, 0.6) is 0 Å². The van der Waals surface area contributed by atoms with Gasteiger partial charge in [0.15, 0.2) is 0 Å². The van der Waals surface area contributed by atoms with E-state index in [1.54, 1.807) is 25.1 Å². The van der Waals surface area contributed by atoms with Crippen molar-refractivity contribution in [3.8, 4) is 0 Å². The van der Waals surface area contributed by atoms with Crippen LogP contribution in [0.1, 0.15) is 43.4 Å². The van der Waals surface area contributed by atoms with Gasteiger partial charge in [0.25, 0.3) is 10.0 Å². The molecule has 0 aliphatic rings. The predicted molar refractivity (Wildman–Crippen MR) is 156 cm³/mol. The van der Waals surface area contributed by atoms with E-state index in [1.807, 2.05) is 51.1 Å². The quantitative estimate of drug-likeness (QED) is 0.292. The molecule has 0 radical (unpaired) electrons. The summed E-state index contributed by atoms with van der Waals surface area (Å²) in [6.07, 6.45) is 1.75. The summed E-state index contributed by atoms with van der Waals surface area (Å²) in [5, 5.41) is 3.29. The zero-order chi connectivity index (χ0) is 28.6. The van der Waals surface area contributed by atoms with Crippen molar-refractivity contribution >= 4 is 39.1 Å². The number of rotatable bonds is 12. The van der Waals surface area contributed by atoms with E-state index in [9.17, 15) is 18.0 Å². The molecule has 0 aliphatic carbocycles. The molecular weight excluding hydrogens is 534 g/mol. The Hall–Kier alpha value is -3.36. The summed E-state index contributed by atoms with van der Waals surface area (Å²) >= 11 is 5.99. The molecular formula is C30H36ClN3O4S. The smallest absolute Gasteiger partial charge is 0.264 e. The normalized spacial score (nSPS) is 12.0. The van der Waals surface area contributed by atoms with Crippen LogP contribution in [0.15, 0.2) is 77.7 Å². The first kappa shape index (κ1) is 30.2. The summed E-state index contributed by atoms with van der Waals surface area (Å²) in [6.45, 7) is 7.70. The zero-order valence-corrected chi connectivity index (χ0v) is 24.4. The van der Waals surface area contributed by atoms with Crippen LogP contribution < -0.4 is 9.62 Å². The molecule has 0 aliphatic heterocycles. The molecule has 2 amide bonds. The van der Waals surface area contributed by atoms with Crippen molar-refractivity contribution in [2.24, 2.45) is 0 Å². The first-order valence-electron chi connectivity index (χ1n) is 13.0. The van der Waals surface area contributed by atoms with Crippen LogP contribution in [0, 0.1) is 13.8 Å². The number of nitrogens with zero attached hydrogens (tertiary/aromatic N) is 2. The third kappa shape index (κ3) is 8.07. The molecule has 3 aromatic rings. The van der Waals surface area contributed by atoms with Crippen LogP contribution in [0.4, 0.5) is 5.69 Å². The molecule has 1 N–H and O–H groups in total. The van der Waals surface area contributed by atoms with E-state index >= 15 is 0 Å². The first-order chi connectivity index (χ1) is 18.5. The van der Waals surface area contributed by atoms with E-state index < -0.39 is 28.5 Å². The number of carbonyl (C=O) groups excluding carboxylic acids is 2. The monoisotopic (exact) mass is 569 g/mol. The van der Waals surface area contributed by atoms with Crippen molar-refractivity contribution in [1.29, 1.82) is 0 Å². The molecule has 0 unspecified atom stereocenters. The number of unbranched alkanes of at least 4 members (excludes halogenated alkanes) is 1. The highest BCUT2D eigenvalue weighted by atomic mass is 35.5. The average Bonchev–Trinajstić information content (AvgIpc) is 2.91. The lowest BCUT2D eigenvalue weighted by atomic mass is 10.1. The van der Waals surface area contributed by atoms with E-state index in [4.69, 9.17) is 11.6 Å². The number of hydrogen-bond donors (Lipinski definition) is 1. The summed E-state index contributed by atoms with van der Waals surface area (Å²) < 4.78 is 28.7. The summed E-state index contributed by atoms with van der Waals surface area (Å²) in [5.74, 6) is -0.778. The number of carbonyl (C=O) groups is 2. The number of nitrogens with one attached hydrogen (secondary N) is 1. The second-order valence-corrected chi connectivity index (χ2v) is 11.9. The van der Waals surface area contributed by atoms with Gasteiger partial charge in [-0.15, -0.1) is 0 Å². The molecule has 39 heavy (non-hydrogen) atoms. The zero-order valence-electron chi connectivity index (χ0n) is 22.9. The Morgan fingerprint density at radius 3 is 2.23 bits per heavy atom. The topological polar surface area (TPSA) is 86.8 Å². The molecule has 0 heterocycles. The number of benzene rings is 3. The molecule has 9 heteroatoms. The lowest BCUT2D eigenvalue weighted by Gasteiger charge is -2.32. The van der Waals surface area contributed by atoms with Crippen molar-refractivity contribution in [3.63, 3.8) is 0 Å². The molecule has 0 aromatic heterocycles. The van der Waals surface area contributed by atoms with Gasteiger partial charge in [-0.05, 0) is 74.7 Å². The maximum absolute atomic E-state index is 13.9. The standard InChI is InChI=1S/C30H36ClN3O4S/c1-5-6-18-32-30(36)24(4)33(20-25-12-10-22(2)11-13-25)29(35)21-34(27-9-7-8-23(3)19-27)39(37,38)28-16-14-26(31)15-17-28/h7-17,19,24H,5-6,18,20-21H2,1-4H3,(H,32,36)/t24-/m1/s1. The van der Waals surface area contributed by atoms with Crippen molar-refractivity contribution in [1.82, 2.24) is 10.2 Å². The van der Waals surface area contributed by atoms with Crippen LogP contribution in [0.25, 0.3) is 0 Å². The second kappa shape index (κ2) is 13.6. The third-order valence-corrected chi connectivity index (χ3v) is 8.48. The van der Waals surface area contributed by atoms with E-state index in [0.29, 0.717) is 17.3 Å². The molecule has 0 saturated carbocycles. The van der Waals surface area contributed by atoms with Gasteiger partial charge in [0.1, 0.15) is 12.6 Å². The van der Waals surface area contributed by atoms with Gasteiger partial charge in [-0.2, -0.15) is 0 Å². The van der Waals surface area contributed by atoms with Crippen LogP contribution in [-0.4, -0.2) is 44.3 Å². The Balaban J connectivity index is 1.99. The molecule has 0 fully saturated rings. The highest BCUT2D eigenvalue weighted by Gasteiger charge is 2.32. The van der Waals surface area contributed by atoms with Gasteiger partial charge in [0.2, 0.25) is 11.8 Å². The van der Waals surface area contributed by atoms with Crippen LogP contribution in [0.2, 0.25) is 5.02 Å². The number of halogens is 1. The van der Waals surface area contributed by atoms with E-state index in [1.165, 1.54) is 29.2 Å². The Morgan fingerprint density at radius 1 is 0.949 bits per heavy atom. The van der Waals surface area contributed by atoms with E-state index in [0.717, 1.165) is 33.8 Å². The van der Waals surface area contributed by atoms with Gasteiger partial charge in [-0.25, -0.2) is 8.42 Å². The second-order valence-electron chi connectivity index (χ2n) is 9.63. The maximum atomic E-state index is 13.9. The Kier molecular flexibility index (Phi) is 10.5. The Bertz CT molecular complexity index is 1380. The van der Waals surface area contributed by atoms with Crippen molar-refractivity contribution in [3.05, 3.63) is 94.5 Å². The Labute approximate surface area is 236 Å². The van der Waals surface area contributed by atoms with Gasteiger partial charge < -0.3 is 10.2 Å². The molecule has 3 aromatic carbocycles. The summed E-state index contributed by atoms with van der Waals surface area (Å²) in [4.78, 5) is 28.4. The summed E-state index contributed by atoms with van der Waals surface area (Å²) in [6, 6.07) is 19.7. The van der Waals surface area contributed by atoms with Crippen molar-refractivity contribution < 1.29 is 18.0 Å². The van der Waals surface area contributed by atoms with Gasteiger partial charge in [-0.3, -0.25) is 13.9 Å². The number of sulfonamides is 1. The highest BCUT2D eigenvalue weighted by molar-refractivity contribution is 7.92. The minimum absolute atomic E-state index is 0.0108. The van der Waals surface area contributed by atoms with E-state index in [-0.39, 0.29) is 17.3 Å². The largest absolute Gasteiger partial charge is 0.354 e. The van der Waals surface area contributed by atoms with Gasteiger partial charge in [0.05, 0.1) is 10.6 Å². The van der Waals surface area contributed by atoms with Gasteiger partial charge >= 0.3 is 0 Å². The van der Waals surface area contributed by atoms with Crippen LogP contribution >= 0.6 is 11.6 Å². The summed E-state index contributed by atoms with van der Waals surface area (Å²) in [7, 11) is -4.13. The fourth-order valence-corrected chi connectivity index (χ4v) is 5.59. The third-order valence-electron chi connectivity index (χ3n) is 6.44. The maximum Gasteiger partial charge on any atom is 0.264 e. The lowest BCUT2D eigenvalue weighted by molar-refractivity contribution is -0.139. The van der Waals surface area contributed by atoms with Gasteiger partial charge in [-0.1, -0.05) is 66.9 Å². The fourth-order valence-electron chi connectivity index (χ4n) is 4.05. The van der Waals surface area contributed by atoms with Gasteiger partial charge in [0, 0.05) is 18.1 Å². The minimum atomic E-state index is -4.13. The molecule has 3 rings (SSSR count). The first-order valence-corrected chi connectivity index (χ1v) is 14.8. The molecule has 1 atom stereocenters. The Morgan fingerprint density at radius 2 is 1.62 bits per heavy atom.